The number of benzene rings is 1. The highest BCUT2D eigenvalue weighted by atomic mass is 35.5. The molecule has 0 unspecified atom stereocenters. The van der Waals surface area contributed by atoms with Crippen LogP contribution < -0.4 is 4.74 Å². The highest BCUT2D eigenvalue weighted by Crippen LogP contribution is 2.27. The molecule has 0 atom stereocenters. The molecule has 0 saturated heterocycles. The van der Waals surface area contributed by atoms with Gasteiger partial charge in [-0.3, -0.25) is 0 Å². The predicted molar refractivity (Wildman–Crippen MR) is 53.7 cm³/mol. The third-order valence-electron chi connectivity index (χ3n) is 1.83. The second kappa shape index (κ2) is 5.41. The molecule has 0 N–H and O–H groups in total. The molecule has 0 aliphatic heterocycles. The van der Waals surface area contributed by atoms with Crippen LogP contribution in [0.25, 0.3) is 0 Å². The van der Waals surface area contributed by atoms with E-state index in [0.29, 0.717) is 23.6 Å². The Morgan fingerprint density at radius 2 is 2.00 bits per heavy atom. The lowest BCUT2D eigenvalue weighted by molar-refractivity contribution is -0.274. The van der Waals surface area contributed by atoms with Crippen LogP contribution in [-0.4, -0.2) is 20.1 Å². The lowest BCUT2D eigenvalue weighted by atomic mass is 10.1. The normalized spacial score (nSPS) is 11.6. The molecule has 0 radical (unpaired) electrons. The Hall–Kier alpha value is -0.940. The maximum absolute atomic E-state index is 11.9. The van der Waals surface area contributed by atoms with E-state index in [2.05, 4.69) is 4.74 Å². The lowest BCUT2D eigenvalue weighted by Crippen LogP contribution is -2.17. The van der Waals surface area contributed by atoms with Crippen LogP contribution >= 0.6 is 11.6 Å². The van der Waals surface area contributed by atoms with Gasteiger partial charge in [-0.2, -0.15) is 0 Å². The molecule has 90 valence electrons. The van der Waals surface area contributed by atoms with Gasteiger partial charge in [-0.15, -0.1) is 13.2 Å². The first-order valence-electron chi connectivity index (χ1n) is 4.45. The van der Waals surface area contributed by atoms with E-state index in [1.165, 1.54) is 25.3 Å². The van der Waals surface area contributed by atoms with E-state index >= 15 is 0 Å². The molecule has 16 heavy (non-hydrogen) atoms. The molecule has 0 fully saturated rings. The third kappa shape index (κ3) is 4.28. The highest BCUT2D eigenvalue weighted by molar-refractivity contribution is 6.31. The van der Waals surface area contributed by atoms with Gasteiger partial charge in [0.2, 0.25) is 0 Å². The van der Waals surface area contributed by atoms with E-state index < -0.39 is 6.36 Å². The van der Waals surface area contributed by atoms with Gasteiger partial charge in [-0.1, -0.05) is 11.6 Å². The monoisotopic (exact) mass is 254 g/mol. The van der Waals surface area contributed by atoms with Crippen LogP contribution in [0.3, 0.4) is 0 Å². The zero-order chi connectivity index (χ0) is 12.2. The molecule has 2 nitrogen and oxygen atoms in total. The summed E-state index contributed by atoms with van der Waals surface area (Å²) in [5.74, 6) is -0.275. The summed E-state index contributed by atoms with van der Waals surface area (Å²) in [4.78, 5) is 0. The summed E-state index contributed by atoms with van der Waals surface area (Å²) in [6.07, 6.45) is -4.25. The molecule has 6 heteroatoms. The third-order valence-corrected chi connectivity index (χ3v) is 2.20. The fourth-order valence-corrected chi connectivity index (χ4v) is 1.36. The van der Waals surface area contributed by atoms with E-state index in [1.807, 2.05) is 0 Å². The molecule has 1 aromatic rings. The van der Waals surface area contributed by atoms with Crippen molar-refractivity contribution in [2.75, 3.05) is 13.7 Å². The van der Waals surface area contributed by atoms with Crippen LogP contribution in [0.2, 0.25) is 5.02 Å². The summed E-state index contributed by atoms with van der Waals surface area (Å²) in [5.41, 5.74) is 0.560. The Bertz CT molecular complexity index is 352. The molecule has 0 bridgehead atoms. The topological polar surface area (TPSA) is 18.5 Å². The summed E-state index contributed by atoms with van der Waals surface area (Å²) in [7, 11) is 1.50. The quantitative estimate of drug-likeness (QED) is 0.820. The van der Waals surface area contributed by atoms with Gasteiger partial charge in [0.15, 0.2) is 0 Å². The summed E-state index contributed by atoms with van der Waals surface area (Å²) in [6.45, 7) is 0.384. The fraction of sp³-hybridized carbons (Fsp3) is 0.400. The maximum atomic E-state index is 11.9. The Morgan fingerprint density at radius 3 is 2.56 bits per heavy atom. The number of rotatable bonds is 4. The van der Waals surface area contributed by atoms with Crippen LogP contribution in [0.4, 0.5) is 13.2 Å². The Morgan fingerprint density at radius 1 is 1.31 bits per heavy atom. The van der Waals surface area contributed by atoms with Crippen LogP contribution in [0.15, 0.2) is 18.2 Å². The molecule has 0 aliphatic carbocycles. The van der Waals surface area contributed by atoms with Gasteiger partial charge in [0, 0.05) is 12.1 Å². The molecular weight excluding hydrogens is 245 g/mol. The van der Waals surface area contributed by atoms with Gasteiger partial charge in [0.05, 0.1) is 6.61 Å². The van der Waals surface area contributed by atoms with Crippen molar-refractivity contribution in [1.29, 1.82) is 0 Å². The van der Waals surface area contributed by atoms with Crippen LogP contribution in [0.1, 0.15) is 5.56 Å². The molecule has 0 saturated carbocycles. The van der Waals surface area contributed by atoms with Crippen molar-refractivity contribution < 1.29 is 22.6 Å². The molecule has 1 rings (SSSR count). The first kappa shape index (κ1) is 13.1. The first-order valence-corrected chi connectivity index (χ1v) is 4.83. The minimum absolute atomic E-state index is 0.275. The second-order valence-electron chi connectivity index (χ2n) is 3.04. The number of halogens is 4. The maximum Gasteiger partial charge on any atom is 0.573 e. The van der Waals surface area contributed by atoms with Crippen molar-refractivity contribution in [2.45, 2.75) is 12.8 Å². The number of methoxy groups -OCH3 is 1. The number of ether oxygens (including phenoxy) is 2. The van der Waals surface area contributed by atoms with Gasteiger partial charge in [0.25, 0.3) is 0 Å². The van der Waals surface area contributed by atoms with Gasteiger partial charge in [-0.25, -0.2) is 0 Å². The molecule has 0 aromatic heterocycles. The summed E-state index contributed by atoms with van der Waals surface area (Å²) < 4.78 is 44.4. The Kier molecular flexibility index (Phi) is 4.44. The summed E-state index contributed by atoms with van der Waals surface area (Å²) in [5, 5.41) is 0.395. The van der Waals surface area contributed by atoms with E-state index in [-0.39, 0.29) is 5.75 Å². The van der Waals surface area contributed by atoms with Gasteiger partial charge >= 0.3 is 6.36 Å². The largest absolute Gasteiger partial charge is 0.573 e. The standard InChI is InChI=1S/C10H10ClF3O2/c1-15-5-4-7-6-8(2-3-9(7)11)16-10(12,13)14/h2-3,6H,4-5H2,1H3. The van der Waals surface area contributed by atoms with Crippen molar-refractivity contribution in [2.24, 2.45) is 0 Å². The number of alkyl halides is 3. The minimum Gasteiger partial charge on any atom is -0.406 e. The van der Waals surface area contributed by atoms with E-state index in [9.17, 15) is 13.2 Å². The fourth-order valence-electron chi connectivity index (χ4n) is 1.15. The Balaban J connectivity index is 2.81. The average molecular weight is 255 g/mol. The van der Waals surface area contributed by atoms with Gasteiger partial charge in [0.1, 0.15) is 5.75 Å². The van der Waals surface area contributed by atoms with Crippen molar-refractivity contribution in [3.8, 4) is 5.75 Å². The number of hydrogen-bond acceptors (Lipinski definition) is 2. The second-order valence-corrected chi connectivity index (χ2v) is 3.45. The molecular formula is C10H10ClF3O2. The van der Waals surface area contributed by atoms with Crippen molar-refractivity contribution in [1.82, 2.24) is 0 Å². The molecule has 1 aromatic carbocycles. The lowest BCUT2D eigenvalue weighted by Gasteiger charge is -2.11. The molecule has 0 aliphatic rings. The van der Waals surface area contributed by atoms with Crippen LogP contribution in [0, 0.1) is 0 Å². The van der Waals surface area contributed by atoms with Gasteiger partial charge < -0.3 is 9.47 Å². The molecule has 0 heterocycles. The first-order chi connectivity index (χ1) is 7.42. The van der Waals surface area contributed by atoms with E-state index in [1.54, 1.807) is 0 Å². The van der Waals surface area contributed by atoms with Crippen LogP contribution in [0.5, 0.6) is 5.75 Å². The highest BCUT2D eigenvalue weighted by Gasteiger charge is 2.31. The van der Waals surface area contributed by atoms with Crippen molar-refractivity contribution >= 4 is 11.6 Å². The van der Waals surface area contributed by atoms with Gasteiger partial charge in [-0.05, 0) is 30.2 Å². The summed E-state index contributed by atoms with van der Waals surface area (Å²) in [6, 6.07) is 3.80. The van der Waals surface area contributed by atoms with E-state index in [0.717, 1.165) is 0 Å². The van der Waals surface area contributed by atoms with Crippen molar-refractivity contribution in [3.05, 3.63) is 28.8 Å². The van der Waals surface area contributed by atoms with E-state index in [4.69, 9.17) is 16.3 Å². The zero-order valence-electron chi connectivity index (χ0n) is 8.47. The smallest absolute Gasteiger partial charge is 0.406 e. The predicted octanol–water partition coefficient (Wildman–Crippen LogP) is 3.43. The Labute approximate surface area is 95.9 Å². The zero-order valence-corrected chi connectivity index (χ0v) is 9.23. The average Bonchev–Trinajstić information content (AvgIpc) is 2.17. The number of hydrogen-bond donors (Lipinski definition) is 0. The minimum atomic E-state index is -4.69. The summed E-state index contributed by atoms with van der Waals surface area (Å²) >= 11 is 5.81. The SMILES string of the molecule is COCCc1cc(OC(F)(F)F)ccc1Cl. The van der Waals surface area contributed by atoms with Crippen LogP contribution in [-0.2, 0) is 11.2 Å². The molecule has 0 amide bonds. The van der Waals surface area contributed by atoms with Crippen molar-refractivity contribution in [3.63, 3.8) is 0 Å². The molecule has 0 spiro atoms.